The van der Waals surface area contributed by atoms with Crippen LogP contribution in [-0.2, 0) is 16.0 Å². The van der Waals surface area contributed by atoms with E-state index in [1.165, 1.54) is 18.4 Å². The zero-order valence-electron chi connectivity index (χ0n) is 13.3. The van der Waals surface area contributed by atoms with Crippen LogP contribution in [0.2, 0.25) is 5.02 Å². The van der Waals surface area contributed by atoms with Crippen molar-refractivity contribution in [2.24, 2.45) is 0 Å². The van der Waals surface area contributed by atoms with Crippen LogP contribution in [0.1, 0.15) is 22.9 Å². The molecular weight excluding hydrogens is 348 g/mol. The largest absolute Gasteiger partial charge is 0.469 e. The molecule has 128 valence electrons. The number of thiophene rings is 1. The second-order valence-corrected chi connectivity index (χ2v) is 6.54. The number of hydrogen-bond acceptors (Lipinski definition) is 4. The normalized spacial score (nSPS) is 11.6. The number of nitrogens with one attached hydrogen (secondary N) is 2. The molecule has 1 heterocycles. The molecule has 0 unspecified atom stereocenters. The monoisotopic (exact) mass is 366 g/mol. The highest BCUT2D eigenvalue weighted by Gasteiger charge is 2.19. The van der Waals surface area contributed by atoms with Gasteiger partial charge in [-0.25, -0.2) is 4.79 Å². The zero-order valence-corrected chi connectivity index (χ0v) is 14.8. The summed E-state index contributed by atoms with van der Waals surface area (Å²) in [6, 6.07) is 10.5. The zero-order chi connectivity index (χ0) is 17.4. The lowest BCUT2D eigenvalue weighted by atomic mass is 10.1. The van der Waals surface area contributed by atoms with Gasteiger partial charge in [0.05, 0.1) is 19.6 Å². The number of urea groups is 1. The molecule has 0 saturated carbocycles. The van der Waals surface area contributed by atoms with Crippen LogP contribution < -0.4 is 10.6 Å². The van der Waals surface area contributed by atoms with Gasteiger partial charge in [-0.15, -0.1) is 11.3 Å². The van der Waals surface area contributed by atoms with Gasteiger partial charge in [0.25, 0.3) is 0 Å². The summed E-state index contributed by atoms with van der Waals surface area (Å²) in [5.74, 6) is -0.366. The Kier molecular flexibility index (Phi) is 7.08. The highest BCUT2D eigenvalue weighted by atomic mass is 35.5. The summed E-state index contributed by atoms with van der Waals surface area (Å²) in [6.45, 7) is 0.489. The van der Waals surface area contributed by atoms with Crippen LogP contribution in [-0.4, -0.2) is 25.7 Å². The number of carbonyl (C=O) groups is 2. The van der Waals surface area contributed by atoms with Gasteiger partial charge in [-0.2, -0.15) is 0 Å². The van der Waals surface area contributed by atoms with Crippen LogP contribution >= 0.6 is 22.9 Å². The maximum absolute atomic E-state index is 12.1. The summed E-state index contributed by atoms with van der Waals surface area (Å²) in [7, 11) is 1.33. The van der Waals surface area contributed by atoms with Crippen molar-refractivity contribution in [2.75, 3.05) is 13.7 Å². The number of hydrogen-bond donors (Lipinski definition) is 2. The summed E-state index contributed by atoms with van der Waals surface area (Å²) >= 11 is 7.32. The second-order valence-electron chi connectivity index (χ2n) is 5.12. The van der Waals surface area contributed by atoms with Crippen molar-refractivity contribution in [3.05, 3.63) is 57.2 Å². The van der Waals surface area contributed by atoms with Crippen molar-refractivity contribution in [2.45, 2.75) is 18.9 Å². The number of ether oxygens (including phenoxy) is 1. The molecule has 0 aliphatic carbocycles. The molecule has 0 bridgehead atoms. The average molecular weight is 367 g/mol. The van der Waals surface area contributed by atoms with E-state index in [2.05, 4.69) is 10.6 Å². The number of carbonyl (C=O) groups excluding carboxylic acids is 2. The number of methoxy groups -OCH3 is 1. The van der Waals surface area contributed by atoms with Crippen molar-refractivity contribution in [1.29, 1.82) is 0 Å². The number of esters is 1. The molecule has 0 aliphatic rings. The van der Waals surface area contributed by atoms with Crippen LogP contribution in [0.15, 0.2) is 41.8 Å². The summed E-state index contributed by atoms with van der Waals surface area (Å²) in [5.41, 5.74) is 1.09. The van der Waals surface area contributed by atoms with Gasteiger partial charge in [0, 0.05) is 16.4 Å². The van der Waals surface area contributed by atoms with E-state index in [0.29, 0.717) is 18.0 Å². The first-order chi connectivity index (χ1) is 11.6. The first-order valence-corrected chi connectivity index (χ1v) is 8.73. The Morgan fingerprint density at radius 2 is 2.00 bits per heavy atom. The quantitative estimate of drug-likeness (QED) is 0.736. The molecule has 7 heteroatoms. The Bertz CT molecular complexity index is 659. The van der Waals surface area contributed by atoms with Gasteiger partial charge in [0.1, 0.15) is 0 Å². The first-order valence-electron chi connectivity index (χ1n) is 7.47. The molecule has 1 atom stereocenters. The molecule has 2 N–H and O–H groups in total. The molecule has 2 rings (SSSR count). The molecule has 2 amide bonds. The SMILES string of the molecule is COC(=O)C[C@@H](NC(=O)NCCc1ccc(Cl)cc1)c1cccs1. The van der Waals surface area contributed by atoms with Crippen LogP contribution in [0.5, 0.6) is 0 Å². The van der Waals surface area contributed by atoms with E-state index >= 15 is 0 Å². The number of benzene rings is 1. The van der Waals surface area contributed by atoms with E-state index in [4.69, 9.17) is 16.3 Å². The van der Waals surface area contributed by atoms with Gasteiger partial charge in [0.15, 0.2) is 0 Å². The van der Waals surface area contributed by atoms with Crippen LogP contribution in [0.3, 0.4) is 0 Å². The van der Waals surface area contributed by atoms with Crippen molar-refractivity contribution in [3.8, 4) is 0 Å². The summed E-state index contributed by atoms with van der Waals surface area (Å²) in [6.07, 6.45) is 0.798. The summed E-state index contributed by atoms with van der Waals surface area (Å²) in [4.78, 5) is 24.5. The van der Waals surface area contributed by atoms with Crippen LogP contribution in [0.4, 0.5) is 4.79 Å². The minimum atomic E-state index is -0.395. The first kappa shape index (κ1) is 18.3. The van der Waals surface area contributed by atoms with Gasteiger partial charge in [-0.3, -0.25) is 4.79 Å². The predicted molar refractivity (Wildman–Crippen MR) is 95.4 cm³/mol. The maximum Gasteiger partial charge on any atom is 0.315 e. The van der Waals surface area contributed by atoms with Crippen LogP contribution in [0.25, 0.3) is 0 Å². The van der Waals surface area contributed by atoms with E-state index in [0.717, 1.165) is 10.4 Å². The smallest absolute Gasteiger partial charge is 0.315 e. The Morgan fingerprint density at radius 3 is 2.62 bits per heavy atom. The Morgan fingerprint density at radius 1 is 1.25 bits per heavy atom. The molecule has 0 aliphatic heterocycles. The van der Waals surface area contributed by atoms with Crippen molar-refractivity contribution in [1.82, 2.24) is 10.6 Å². The molecule has 5 nitrogen and oxygen atoms in total. The molecule has 0 spiro atoms. The van der Waals surface area contributed by atoms with E-state index in [1.54, 1.807) is 0 Å². The van der Waals surface area contributed by atoms with E-state index in [1.807, 2.05) is 41.8 Å². The average Bonchev–Trinajstić information content (AvgIpc) is 3.10. The summed E-state index contributed by atoms with van der Waals surface area (Å²) in [5, 5.41) is 8.21. The molecule has 1 aromatic heterocycles. The molecule has 0 fully saturated rings. The molecular formula is C17H19ClN2O3S. The standard InChI is InChI=1S/C17H19ClN2O3S/c1-23-16(21)11-14(15-3-2-10-24-15)20-17(22)19-9-8-12-4-6-13(18)7-5-12/h2-7,10,14H,8-9,11H2,1H3,(H2,19,20,22)/t14-/m1/s1. The molecule has 2 aromatic rings. The van der Waals surface area contributed by atoms with Gasteiger partial charge in [-0.1, -0.05) is 29.8 Å². The topological polar surface area (TPSA) is 67.4 Å². The van der Waals surface area contributed by atoms with Crippen molar-refractivity contribution < 1.29 is 14.3 Å². The van der Waals surface area contributed by atoms with Crippen molar-refractivity contribution >= 4 is 34.9 Å². The highest BCUT2D eigenvalue weighted by Crippen LogP contribution is 2.22. The van der Waals surface area contributed by atoms with Gasteiger partial charge in [0.2, 0.25) is 0 Å². The van der Waals surface area contributed by atoms with Gasteiger partial charge < -0.3 is 15.4 Å². The number of rotatable bonds is 7. The second kappa shape index (κ2) is 9.30. The lowest BCUT2D eigenvalue weighted by Gasteiger charge is -2.17. The number of amides is 2. The third kappa shape index (κ3) is 5.86. The summed E-state index contributed by atoms with van der Waals surface area (Å²) < 4.78 is 4.69. The third-order valence-electron chi connectivity index (χ3n) is 3.40. The van der Waals surface area contributed by atoms with E-state index in [9.17, 15) is 9.59 Å². The fourth-order valence-corrected chi connectivity index (χ4v) is 3.05. The van der Waals surface area contributed by atoms with E-state index < -0.39 is 6.04 Å². The molecule has 0 saturated heterocycles. The molecule has 0 radical (unpaired) electrons. The minimum absolute atomic E-state index is 0.0988. The Hall–Kier alpha value is -2.05. The maximum atomic E-state index is 12.1. The molecule has 1 aromatic carbocycles. The van der Waals surface area contributed by atoms with Crippen LogP contribution in [0, 0.1) is 0 Å². The Balaban J connectivity index is 1.83. The highest BCUT2D eigenvalue weighted by molar-refractivity contribution is 7.10. The predicted octanol–water partition coefficient (Wildman–Crippen LogP) is 3.55. The fourth-order valence-electron chi connectivity index (χ4n) is 2.14. The van der Waals surface area contributed by atoms with Crippen molar-refractivity contribution in [3.63, 3.8) is 0 Å². The Labute approximate surface area is 150 Å². The number of halogens is 1. The molecule has 24 heavy (non-hydrogen) atoms. The van der Waals surface area contributed by atoms with Gasteiger partial charge in [-0.05, 0) is 35.6 Å². The van der Waals surface area contributed by atoms with Gasteiger partial charge >= 0.3 is 12.0 Å². The minimum Gasteiger partial charge on any atom is -0.469 e. The lowest BCUT2D eigenvalue weighted by molar-refractivity contribution is -0.141. The lowest BCUT2D eigenvalue weighted by Crippen LogP contribution is -2.39. The van der Waals surface area contributed by atoms with E-state index in [-0.39, 0.29) is 18.4 Å². The third-order valence-corrected chi connectivity index (χ3v) is 4.64. The fraction of sp³-hybridized carbons (Fsp3) is 0.294.